The van der Waals surface area contributed by atoms with Crippen LogP contribution < -0.4 is 4.74 Å². The van der Waals surface area contributed by atoms with Gasteiger partial charge in [-0.1, -0.05) is 23.7 Å². The third kappa shape index (κ3) is 4.22. The molecule has 8 nitrogen and oxygen atoms in total. The SMILES string of the molecule is COc1ccccc1-n1cnn(CN(C)Cc2cc([N+](=O)[O-])ccc2Cl)c1=S. The summed E-state index contributed by atoms with van der Waals surface area (Å²) in [6.45, 7) is 0.795. The number of nitro benzene ring substituents is 1. The van der Waals surface area contributed by atoms with Crippen molar-refractivity contribution >= 4 is 29.5 Å². The van der Waals surface area contributed by atoms with Crippen molar-refractivity contribution in [2.24, 2.45) is 0 Å². The van der Waals surface area contributed by atoms with Crippen molar-refractivity contribution in [2.45, 2.75) is 13.2 Å². The minimum atomic E-state index is -0.440. The molecule has 0 radical (unpaired) electrons. The molecule has 0 unspecified atom stereocenters. The van der Waals surface area contributed by atoms with Gasteiger partial charge >= 0.3 is 0 Å². The van der Waals surface area contributed by atoms with E-state index in [0.29, 0.717) is 34.3 Å². The number of non-ortho nitro benzene ring substituents is 1. The van der Waals surface area contributed by atoms with Crippen molar-refractivity contribution in [1.82, 2.24) is 19.2 Å². The topological polar surface area (TPSA) is 78.4 Å². The number of rotatable bonds is 7. The number of methoxy groups -OCH3 is 1. The van der Waals surface area contributed by atoms with Gasteiger partial charge in [-0.2, -0.15) is 5.10 Å². The molecule has 0 atom stereocenters. The van der Waals surface area contributed by atoms with Gasteiger partial charge in [-0.25, -0.2) is 4.68 Å². The molecule has 0 amide bonds. The van der Waals surface area contributed by atoms with Crippen molar-refractivity contribution in [2.75, 3.05) is 14.2 Å². The second kappa shape index (κ2) is 8.51. The van der Waals surface area contributed by atoms with Crippen molar-refractivity contribution in [1.29, 1.82) is 0 Å². The number of para-hydroxylation sites is 2. The highest BCUT2D eigenvalue weighted by Gasteiger charge is 2.13. The molecule has 1 heterocycles. The Hall–Kier alpha value is -2.75. The van der Waals surface area contributed by atoms with Crippen molar-refractivity contribution in [3.8, 4) is 11.4 Å². The van der Waals surface area contributed by atoms with Crippen LogP contribution in [0.5, 0.6) is 5.75 Å². The highest BCUT2D eigenvalue weighted by atomic mass is 35.5. The first kappa shape index (κ1) is 20.0. The molecule has 1 aromatic heterocycles. The van der Waals surface area contributed by atoms with Crippen LogP contribution in [0.25, 0.3) is 5.69 Å². The summed E-state index contributed by atoms with van der Waals surface area (Å²) >= 11 is 11.7. The first-order valence-corrected chi connectivity index (χ1v) is 9.08. The summed E-state index contributed by atoms with van der Waals surface area (Å²) in [6, 6.07) is 11.9. The number of hydrogen-bond acceptors (Lipinski definition) is 6. The maximum atomic E-state index is 11.0. The third-order valence-corrected chi connectivity index (χ3v) is 4.91. The molecule has 0 bridgehead atoms. The van der Waals surface area contributed by atoms with Crippen LogP contribution in [0.4, 0.5) is 5.69 Å². The average molecular weight is 420 g/mol. The van der Waals surface area contributed by atoms with E-state index >= 15 is 0 Å². The van der Waals surface area contributed by atoms with Crippen LogP contribution in [0, 0.1) is 14.9 Å². The lowest BCUT2D eigenvalue weighted by Gasteiger charge is -2.17. The standard InChI is InChI=1S/C18H18ClN5O3S/c1-21(10-13-9-14(24(25)26)7-8-15(13)19)12-23-18(28)22(11-20-23)16-5-3-4-6-17(16)27-2/h3-9,11H,10,12H2,1-2H3. The Morgan fingerprint density at radius 1 is 1.32 bits per heavy atom. The number of nitrogens with zero attached hydrogens (tertiary/aromatic N) is 5. The summed E-state index contributed by atoms with van der Waals surface area (Å²) < 4.78 is 9.31. The highest BCUT2D eigenvalue weighted by molar-refractivity contribution is 7.71. The smallest absolute Gasteiger partial charge is 0.269 e. The van der Waals surface area contributed by atoms with Gasteiger partial charge in [0.2, 0.25) is 4.77 Å². The molecule has 3 rings (SSSR count). The van der Waals surface area contributed by atoms with Crippen LogP contribution in [0.2, 0.25) is 5.02 Å². The third-order valence-electron chi connectivity index (χ3n) is 4.13. The molecule has 0 aliphatic rings. The van der Waals surface area contributed by atoms with E-state index in [1.807, 2.05) is 36.2 Å². The summed E-state index contributed by atoms with van der Waals surface area (Å²) in [5, 5.41) is 15.8. The number of ether oxygens (including phenoxy) is 1. The molecule has 0 aliphatic heterocycles. The quantitative estimate of drug-likeness (QED) is 0.326. The minimum absolute atomic E-state index is 0.00450. The van der Waals surface area contributed by atoms with Crippen LogP contribution in [0.3, 0.4) is 0 Å². The summed E-state index contributed by atoms with van der Waals surface area (Å²) in [5.74, 6) is 0.690. The molecule has 0 spiro atoms. The van der Waals surface area contributed by atoms with Crippen molar-refractivity contribution in [3.05, 3.63) is 74.3 Å². The molecule has 0 saturated heterocycles. The van der Waals surface area contributed by atoms with Gasteiger partial charge in [-0.15, -0.1) is 0 Å². The lowest BCUT2D eigenvalue weighted by molar-refractivity contribution is -0.384. The molecule has 0 N–H and O–H groups in total. The molecular formula is C18H18ClN5O3S. The Labute approximate surface area is 171 Å². The number of halogens is 1. The average Bonchev–Trinajstić information content (AvgIpc) is 3.03. The Bertz CT molecular complexity index is 1070. The molecule has 28 heavy (non-hydrogen) atoms. The predicted octanol–water partition coefficient (Wildman–Crippen LogP) is 4.06. The fourth-order valence-electron chi connectivity index (χ4n) is 2.79. The molecule has 0 aliphatic carbocycles. The Balaban J connectivity index is 1.80. The zero-order valence-electron chi connectivity index (χ0n) is 15.3. The van der Waals surface area contributed by atoms with Gasteiger partial charge in [0.1, 0.15) is 12.1 Å². The van der Waals surface area contributed by atoms with Crippen LogP contribution >= 0.6 is 23.8 Å². The molecule has 3 aromatic rings. The van der Waals surface area contributed by atoms with Gasteiger partial charge in [-0.05, 0) is 43.0 Å². The number of aromatic nitrogens is 3. The van der Waals surface area contributed by atoms with Crippen molar-refractivity contribution in [3.63, 3.8) is 0 Å². The van der Waals surface area contributed by atoms with Gasteiger partial charge in [0, 0.05) is 23.7 Å². The summed E-state index contributed by atoms with van der Waals surface area (Å²) in [5.41, 5.74) is 1.46. The van der Waals surface area contributed by atoms with E-state index in [-0.39, 0.29) is 5.69 Å². The van der Waals surface area contributed by atoms with Crippen LogP contribution in [-0.4, -0.2) is 38.3 Å². The Kier molecular flexibility index (Phi) is 6.08. The number of nitro groups is 1. The van der Waals surface area contributed by atoms with Gasteiger partial charge in [0.15, 0.2) is 0 Å². The van der Waals surface area contributed by atoms with Gasteiger partial charge in [0.05, 0.1) is 24.4 Å². The maximum Gasteiger partial charge on any atom is 0.269 e. The first-order valence-electron chi connectivity index (χ1n) is 8.30. The summed E-state index contributed by atoms with van der Waals surface area (Å²) in [7, 11) is 3.46. The zero-order chi connectivity index (χ0) is 20.3. The van der Waals surface area contributed by atoms with Gasteiger partial charge in [0.25, 0.3) is 5.69 Å². The van der Waals surface area contributed by atoms with Crippen molar-refractivity contribution < 1.29 is 9.66 Å². The normalized spacial score (nSPS) is 11.0. The van der Waals surface area contributed by atoms with Gasteiger partial charge < -0.3 is 4.74 Å². The second-order valence-corrected chi connectivity index (χ2v) is 6.92. The fourth-order valence-corrected chi connectivity index (χ4v) is 3.22. The Morgan fingerprint density at radius 3 is 2.79 bits per heavy atom. The molecule has 2 aromatic carbocycles. The van der Waals surface area contributed by atoms with Gasteiger partial charge in [-0.3, -0.25) is 19.6 Å². The van der Waals surface area contributed by atoms with E-state index < -0.39 is 4.92 Å². The first-order chi connectivity index (χ1) is 13.4. The van der Waals surface area contributed by atoms with E-state index in [2.05, 4.69) is 5.10 Å². The highest BCUT2D eigenvalue weighted by Crippen LogP contribution is 2.24. The van der Waals surface area contributed by atoms with E-state index in [4.69, 9.17) is 28.6 Å². The molecule has 146 valence electrons. The monoisotopic (exact) mass is 419 g/mol. The fraction of sp³-hybridized carbons (Fsp3) is 0.222. The van der Waals surface area contributed by atoms with E-state index in [9.17, 15) is 10.1 Å². The van der Waals surface area contributed by atoms with E-state index in [0.717, 1.165) is 5.69 Å². The van der Waals surface area contributed by atoms with Crippen LogP contribution in [0.1, 0.15) is 5.56 Å². The van der Waals surface area contributed by atoms with Crippen LogP contribution in [0.15, 0.2) is 48.8 Å². The minimum Gasteiger partial charge on any atom is -0.495 e. The molecule has 10 heteroatoms. The Morgan fingerprint density at radius 2 is 2.07 bits per heavy atom. The van der Waals surface area contributed by atoms with Crippen LogP contribution in [-0.2, 0) is 13.2 Å². The zero-order valence-corrected chi connectivity index (χ0v) is 16.9. The molecule has 0 fully saturated rings. The molecular weight excluding hydrogens is 402 g/mol. The lowest BCUT2D eigenvalue weighted by Crippen LogP contribution is -2.22. The summed E-state index contributed by atoms with van der Waals surface area (Å²) in [4.78, 5) is 12.5. The second-order valence-electron chi connectivity index (χ2n) is 6.14. The number of benzene rings is 2. The van der Waals surface area contributed by atoms with E-state index in [1.54, 1.807) is 22.7 Å². The molecule has 0 saturated carbocycles. The van der Waals surface area contributed by atoms with E-state index in [1.165, 1.54) is 18.2 Å². The summed E-state index contributed by atoms with van der Waals surface area (Å²) in [6.07, 6.45) is 1.63. The maximum absolute atomic E-state index is 11.0. The predicted molar refractivity (Wildman–Crippen MR) is 109 cm³/mol. The largest absolute Gasteiger partial charge is 0.495 e. The lowest BCUT2D eigenvalue weighted by atomic mass is 10.2. The number of hydrogen-bond donors (Lipinski definition) is 0.